The number of aldehydes is 2. The van der Waals surface area contributed by atoms with Crippen molar-refractivity contribution in [3.63, 3.8) is 0 Å². The number of H-pyrrole nitrogens is 1. The van der Waals surface area contributed by atoms with Gasteiger partial charge >= 0.3 is 0 Å². The van der Waals surface area contributed by atoms with Crippen molar-refractivity contribution in [3.8, 4) is 0 Å². The van der Waals surface area contributed by atoms with E-state index in [4.69, 9.17) is 34.8 Å². The lowest BCUT2D eigenvalue weighted by atomic mass is 9.76. The minimum atomic E-state index is -0.808. The first-order chi connectivity index (χ1) is 29.6. The zero-order chi connectivity index (χ0) is 43.4. The molecule has 8 aromatic rings. The molecule has 0 fully saturated rings. The molecule has 0 saturated carbocycles. The summed E-state index contributed by atoms with van der Waals surface area (Å²) in [7, 11) is 5.42. The highest BCUT2D eigenvalue weighted by atomic mass is 35.5. The van der Waals surface area contributed by atoms with Gasteiger partial charge in [0, 0.05) is 40.2 Å². The molecule has 4 unspecified atom stereocenters. The molecule has 4 atom stereocenters. The molecule has 0 radical (unpaired) electrons. The summed E-state index contributed by atoms with van der Waals surface area (Å²) in [5, 5.41) is 3.53. The average Bonchev–Trinajstić information content (AvgIpc) is 3.97. The summed E-state index contributed by atoms with van der Waals surface area (Å²) in [5.74, 6) is 1.67. The fourth-order valence-corrected chi connectivity index (χ4v) is 8.70. The average molecular weight is 902 g/mol. The van der Waals surface area contributed by atoms with Crippen LogP contribution in [0.15, 0.2) is 170 Å². The molecule has 61 heavy (non-hydrogen) atoms. The van der Waals surface area contributed by atoms with Crippen LogP contribution in [0.4, 0.5) is 0 Å². The van der Waals surface area contributed by atoms with Crippen molar-refractivity contribution in [1.82, 2.24) is 19.5 Å². The van der Waals surface area contributed by atoms with Crippen molar-refractivity contribution < 1.29 is 9.59 Å². The monoisotopic (exact) mass is 900 g/mol. The maximum atomic E-state index is 11.6. The number of nitrogens with zero attached hydrogens (tertiary/aromatic N) is 3. The summed E-state index contributed by atoms with van der Waals surface area (Å²) in [4.78, 5) is 32.2. The number of hydrogen-bond acceptors (Lipinski definition) is 4. The molecule has 2 heterocycles. The number of aromatic amines is 1. The van der Waals surface area contributed by atoms with Crippen molar-refractivity contribution >= 4 is 76.5 Å². The predicted molar refractivity (Wildman–Crippen MR) is 259 cm³/mol. The second-order valence-corrected chi connectivity index (χ2v) is 16.7. The van der Waals surface area contributed by atoms with Gasteiger partial charge in [-0.05, 0) is 45.0 Å². The maximum absolute atomic E-state index is 11.6. The molecule has 0 amide bonds. The minimum absolute atomic E-state index is 0.405. The van der Waals surface area contributed by atoms with Crippen LogP contribution < -0.4 is 10.6 Å². The number of aromatic nitrogens is 4. The number of nitrogens with one attached hydrogen (secondary N) is 1. The smallest absolute Gasteiger partial charge is 0.170 e. The Morgan fingerprint density at radius 3 is 1.56 bits per heavy atom. The van der Waals surface area contributed by atoms with E-state index in [1.807, 2.05) is 141 Å². The molecule has 1 N–H and O–H groups in total. The molecule has 308 valence electrons. The van der Waals surface area contributed by atoms with Gasteiger partial charge in [-0.2, -0.15) is 0 Å². The lowest BCUT2D eigenvalue weighted by Gasteiger charge is -2.39. The highest BCUT2D eigenvalue weighted by molar-refractivity contribution is 7.27. The third-order valence-electron chi connectivity index (χ3n) is 10.2. The van der Waals surface area contributed by atoms with Gasteiger partial charge in [0.05, 0.1) is 11.9 Å². The topological polar surface area (TPSA) is 80.6 Å². The standard InChI is InChI=1S/C25H22ClN2OP.C19H15Cl2P.C6H8N2O/c1-2-24-27-20(17-29)16-28(24)25(18-8-4-3-5-9-18,19-12-14-21(30)15-13-19)22-10-6-7-11-23(22)26;20-18-9-5-4-8-17(18)19(21,14-6-2-1-3-7-14)15-10-12-16(22)13-11-15;1-2-6-7-3-5(4-9)8-6/h3-17H,2,30H2,1H3;1-13H,22H2;3-4H,2H2,1H3,(H,7,8). The number of halogens is 3. The van der Waals surface area contributed by atoms with Gasteiger partial charge in [-0.15, -0.1) is 30.1 Å². The summed E-state index contributed by atoms with van der Waals surface area (Å²) in [6, 6.07) is 52.4. The predicted octanol–water partition coefficient (Wildman–Crippen LogP) is 11.4. The molecule has 0 saturated heterocycles. The van der Waals surface area contributed by atoms with Crippen LogP contribution in [0.25, 0.3) is 0 Å². The van der Waals surface area contributed by atoms with E-state index >= 15 is 0 Å². The van der Waals surface area contributed by atoms with Gasteiger partial charge in [0.25, 0.3) is 0 Å². The van der Waals surface area contributed by atoms with Crippen LogP contribution in [0.1, 0.15) is 79.9 Å². The van der Waals surface area contributed by atoms with Crippen LogP contribution in [0.2, 0.25) is 10.0 Å². The van der Waals surface area contributed by atoms with Gasteiger partial charge in [0.2, 0.25) is 0 Å². The Labute approximate surface area is 377 Å². The van der Waals surface area contributed by atoms with Gasteiger partial charge in [-0.25, -0.2) is 9.97 Å². The van der Waals surface area contributed by atoms with E-state index in [1.54, 1.807) is 0 Å². The largest absolute Gasteiger partial charge is 0.340 e. The van der Waals surface area contributed by atoms with E-state index in [9.17, 15) is 9.59 Å². The Kier molecular flexibility index (Phi) is 15.7. The molecular weight excluding hydrogens is 857 g/mol. The molecule has 2 aromatic heterocycles. The molecular formula is C50H45Cl3N4O2P2. The van der Waals surface area contributed by atoms with Gasteiger partial charge in [0.1, 0.15) is 27.8 Å². The lowest BCUT2D eigenvalue weighted by Crippen LogP contribution is -2.39. The number of aryl methyl sites for hydroxylation is 2. The number of benzene rings is 6. The molecule has 11 heteroatoms. The van der Waals surface area contributed by atoms with Crippen molar-refractivity contribution in [2.45, 2.75) is 37.1 Å². The Balaban J connectivity index is 0.000000175. The molecule has 6 aromatic carbocycles. The highest BCUT2D eigenvalue weighted by Gasteiger charge is 2.41. The first-order valence-electron chi connectivity index (χ1n) is 19.6. The van der Waals surface area contributed by atoms with E-state index in [0.29, 0.717) is 27.9 Å². The normalized spacial score (nSPS) is 12.7. The van der Waals surface area contributed by atoms with Gasteiger partial charge in [-0.3, -0.25) is 9.59 Å². The third kappa shape index (κ3) is 9.97. The summed E-state index contributed by atoms with van der Waals surface area (Å²) in [6.07, 6.45) is 6.43. The van der Waals surface area contributed by atoms with Crippen molar-refractivity contribution in [3.05, 3.63) is 237 Å². The Morgan fingerprint density at radius 1 is 0.607 bits per heavy atom. The van der Waals surface area contributed by atoms with Crippen LogP contribution >= 0.6 is 53.3 Å². The summed E-state index contributed by atoms with van der Waals surface area (Å²) >= 11 is 20.5. The van der Waals surface area contributed by atoms with Gasteiger partial charge in [0.15, 0.2) is 12.6 Å². The van der Waals surface area contributed by atoms with E-state index in [2.05, 4.69) is 74.4 Å². The Morgan fingerprint density at radius 2 is 1.08 bits per heavy atom. The molecule has 6 nitrogen and oxygen atoms in total. The summed E-state index contributed by atoms with van der Waals surface area (Å²) in [5.41, 5.74) is 6.07. The first kappa shape index (κ1) is 45.3. The Bertz CT molecular complexity index is 2670. The molecule has 0 aliphatic heterocycles. The fraction of sp³-hybridized carbons (Fsp3) is 0.120. The van der Waals surface area contributed by atoms with Crippen molar-refractivity contribution in [2.24, 2.45) is 0 Å². The van der Waals surface area contributed by atoms with Crippen LogP contribution in [-0.4, -0.2) is 32.1 Å². The number of rotatable bonds is 11. The molecule has 0 aliphatic carbocycles. The van der Waals surface area contributed by atoms with E-state index in [-0.39, 0.29) is 0 Å². The van der Waals surface area contributed by atoms with E-state index in [1.165, 1.54) is 6.20 Å². The number of imidazole rings is 2. The van der Waals surface area contributed by atoms with Crippen molar-refractivity contribution in [1.29, 1.82) is 0 Å². The molecule has 8 rings (SSSR count). The van der Waals surface area contributed by atoms with Crippen LogP contribution in [-0.2, 0) is 23.3 Å². The SMILES string of the molecule is CCc1nc(C=O)cn1C(c1ccccc1)(c1ccc(P)cc1)c1ccccc1Cl.CCc1ncc(C=O)[nH]1.Pc1ccc(C(Cl)(c2ccccc2)c2ccccc2Cl)cc1. The number of hydrogen-bond donors (Lipinski definition) is 1. The van der Waals surface area contributed by atoms with Gasteiger partial charge in [-0.1, -0.05) is 183 Å². The molecule has 0 aliphatic rings. The van der Waals surface area contributed by atoms with Crippen LogP contribution in [0, 0.1) is 0 Å². The Hall–Kier alpha value is -5.19. The van der Waals surface area contributed by atoms with Crippen LogP contribution in [0.3, 0.4) is 0 Å². The fourth-order valence-electron chi connectivity index (χ4n) is 7.30. The number of alkyl halides is 1. The first-order valence-corrected chi connectivity index (χ1v) is 21.9. The zero-order valence-electron chi connectivity index (χ0n) is 33.7. The summed E-state index contributed by atoms with van der Waals surface area (Å²) in [6.45, 7) is 4.02. The quantitative estimate of drug-likeness (QED) is 0.0607. The lowest BCUT2D eigenvalue weighted by molar-refractivity contribution is 0.111. The maximum Gasteiger partial charge on any atom is 0.170 e. The second kappa shape index (κ2) is 21.1. The van der Waals surface area contributed by atoms with E-state index < -0.39 is 10.4 Å². The minimum Gasteiger partial charge on any atom is -0.340 e. The molecule has 0 spiro atoms. The van der Waals surface area contributed by atoms with Gasteiger partial charge < -0.3 is 9.55 Å². The van der Waals surface area contributed by atoms with Crippen LogP contribution in [0.5, 0.6) is 0 Å². The number of carbonyl (C=O) groups is 2. The zero-order valence-corrected chi connectivity index (χ0v) is 38.3. The number of carbonyl (C=O) groups excluding carboxylic acids is 2. The summed E-state index contributed by atoms with van der Waals surface area (Å²) < 4.78 is 2.10. The van der Waals surface area contributed by atoms with E-state index in [0.717, 1.165) is 74.6 Å². The van der Waals surface area contributed by atoms with Crippen molar-refractivity contribution in [2.75, 3.05) is 0 Å². The third-order valence-corrected chi connectivity index (χ3v) is 12.3. The molecule has 0 bridgehead atoms. The second-order valence-electron chi connectivity index (χ2n) is 14.0. The highest BCUT2D eigenvalue weighted by Crippen LogP contribution is 2.46.